The molecule has 2 heterocycles. The minimum absolute atomic E-state index is 0.595. The molecule has 0 saturated heterocycles. The summed E-state index contributed by atoms with van der Waals surface area (Å²) >= 11 is 0. The monoisotopic (exact) mass is 448 g/mol. The summed E-state index contributed by atoms with van der Waals surface area (Å²) in [5.74, 6) is 0.768. The van der Waals surface area contributed by atoms with Gasteiger partial charge in [-0.25, -0.2) is 15.0 Å². The molecule has 5 aromatic carbocycles. The van der Waals surface area contributed by atoms with Crippen molar-refractivity contribution in [2.45, 2.75) is 13.0 Å². The van der Waals surface area contributed by atoms with Gasteiger partial charge in [0.15, 0.2) is 5.82 Å². The Bertz CT molecular complexity index is 1950. The molecule has 7 aromatic rings. The first-order chi connectivity index (χ1) is 17.4. The highest BCUT2D eigenvalue weighted by molar-refractivity contribution is 6.29. The van der Waals surface area contributed by atoms with E-state index in [9.17, 15) is 0 Å². The Morgan fingerprint density at radius 3 is 2.29 bits per heavy atom. The number of nitrogens with zero attached hydrogens (tertiary/aromatic N) is 4. The van der Waals surface area contributed by atoms with Crippen molar-refractivity contribution in [1.29, 1.82) is 0 Å². The molecular weight excluding hydrogens is 428 g/mol. The molecule has 0 saturated carbocycles. The van der Waals surface area contributed by atoms with Crippen LogP contribution < -0.4 is 0 Å². The standard InChI is InChI=1S/C31H20N4/c1-4-10-22-19(7-1)13-14-25-29-24-12-6-5-11-23(24)28-21-9-3-2-8-20(21)15-26(28)31(29)35(30(22)25)16-27-33-17-32-18-34-27/h1-14,17-18H,15-16H2. The summed E-state index contributed by atoms with van der Waals surface area (Å²) in [6, 6.07) is 30.9. The molecule has 0 radical (unpaired) electrons. The fraction of sp³-hybridized carbons (Fsp3) is 0.0645. The maximum atomic E-state index is 4.50. The molecule has 0 amide bonds. The van der Waals surface area contributed by atoms with Crippen LogP contribution in [0, 0.1) is 0 Å². The number of benzene rings is 5. The van der Waals surface area contributed by atoms with Crippen LogP contribution in [0.3, 0.4) is 0 Å². The van der Waals surface area contributed by atoms with Gasteiger partial charge >= 0.3 is 0 Å². The number of rotatable bonds is 2. The van der Waals surface area contributed by atoms with Crippen molar-refractivity contribution in [1.82, 2.24) is 19.5 Å². The molecule has 0 N–H and O–H groups in total. The quantitative estimate of drug-likeness (QED) is 0.289. The summed E-state index contributed by atoms with van der Waals surface area (Å²) in [7, 11) is 0. The van der Waals surface area contributed by atoms with Crippen molar-refractivity contribution >= 4 is 43.4 Å². The van der Waals surface area contributed by atoms with Crippen molar-refractivity contribution in [2.24, 2.45) is 0 Å². The van der Waals surface area contributed by atoms with Crippen molar-refractivity contribution in [3.63, 3.8) is 0 Å². The zero-order valence-electron chi connectivity index (χ0n) is 18.9. The molecule has 0 atom stereocenters. The van der Waals surface area contributed by atoms with Gasteiger partial charge in [-0.1, -0.05) is 84.9 Å². The van der Waals surface area contributed by atoms with Gasteiger partial charge < -0.3 is 4.57 Å². The minimum Gasteiger partial charge on any atom is -0.332 e. The smallest absolute Gasteiger partial charge is 0.151 e. The highest BCUT2D eigenvalue weighted by Gasteiger charge is 2.28. The van der Waals surface area contributed by atoms with E-state index in [0.717, 1.165) is 12.2 Å². The molecule has 4 heteroatoms. The highest BCUT2D eigenvalue weighted by Crippen LogP contribution is 2.49. The number of hydrogen-bond acceptors (Lipinski definition) is 3. The molecule has 4 nitrogen and oxygen atoms in total. The molecule has 1 aliphatic carbocycles. The van der Waals surface area contributed by atoms with Gasteiger partial charge in [-0.15, -0.1) is 0 Å². The summed E-state index contributed by atoms with van der Waals surface area (Å²) in [5, 5.41) is 7.72. The molecule has 35 heavy (non-hydrogen) atoms. The largest absolute Gasteiger partial charge is 0.332 e. The third-order valence-corrected chi connectivity index (χ3v) is 7.50. The number of hydrogen-bond donors (Lipinski definition) is 0. The SMILES string of the molecule is c1ccc2c(c1)Cc1c-2c2ccccc2c2c3ccc4ccccc4c3n(Cc3ncncn3)c12. The second-order valence-corrected chi connectivity index (χ2v) is 9.28. The van der Waals surface area contributed by atoms with Gasteiger partial charge in [-0.2, -0.15) is 0 Å². The maximum Gasteiger partial charge on any atom is 0.151 e. The fourth-order valence-electron chi connectivity index (χ4n) is 6.14. The van der Waals surface area contributed by atoms with Crippen LogP contribution in [0.2, 0.25) is 0 Å². The van der Waals surface area contributed by atoms with E-state index in [-0.39, 0.29) is 0 Å². The molecule has 164 valence electrons. The Kier molecular flexibility index (Phi) is 3.74. The minimum atomic E-state index is 0.595. The average molecular weight is 449 g/mol. The second kappa shape index (κ2) is 6.97. The van der Waals surface area contributed by atoms with Crippen molar-refractivity contribution in [3.8, 4) is 11.1 Å². The zero-order valence-corrected chi connectivity index (χ0v) is 18.9. The van der Waals surface area contributed by atoms with E-state index in [2.05, 4.69) is 104 Å². The van der Waals surface area contributed by atoms with Crippen molar-refractivity contribution in [3.05, 3.63) is 115 Å². The van der Waals surface area contributed by atoms with Crippen LogP contribution in [0.1, 0.15) is 17.0 Å². The molecule has 0 aliphatic heterocycles. The van der Waals surface area contributed by atoms with E-state index in [0.29, 0.717) is 6.54 Å². The fourth-order valence-corrected chi connectivity index (χ4v) is 6.14. The normalized spacial score (nSPS) is 12.6. The maximum absolute atomic E-state index is 4.50. The second-order valence-electron chi connectivity index (χ2n) is 9.28. The summed E-state index contributed by atoms with van der Waals surface area (Å²) in [4.78, 5) is 13.0. The predicted molar refractivity (Wildman–Crippen MR) is 142 cm³/mol. The molecular formula is C31H20N4. The lowest BCUT2D eigenvalue weighted by atomic mass is 9.93. The van der Waals surface area contributed by atoms with E-state index in [4.69, 9.17) is 0 Å². The van der Waals surface area contributed by atoms with Crippen molar-refractivity contribution < 1.29 is 0 Å². The summed E-state index contributed by atoms with van der Waals surface area (Å²) in [5.41, 5.74) is 8.04. The van der Waals surface area contributed by atoms with Crippen LogP contribution in [0.5, 0.6) is 0 Å². The van der Waals surface area contributed by atoms with Gasteiger partial charge in [0.05, 0.1) is 17.6 Å². The van der Waals surface area contributed by atoms with E-state index >= 15 is 0 Å². The summed E-state index contributed by atoms with van der Waals surface area (Å²) in [6.07, 6.45) is 4.10. The Balaban J connectivity index is 1.63. The molecule has 1 aliphatic rings. The van der Waals surface area contributed by atoms with Crippen molar-refractivity contribution in [2.75, 3.05) is 0 Å². The van der Waals surface area contributed by atoms with Crippen LogP contribution in [0.4, 0.5) is 0 Å². The van der Waals surface area contributed by atoms with Crippen LogP contribution in [-0.2, 0) is 13.0 Å². The van der Waals surface area contributed by atoms with Crippen LogP contribution in [0.15, 0.2) is 97.6 Å². The van der Waals surface area contributed by atoms with Gasteiger partial charge in [0.2, 0.25) is 0 Å². The van der Waals surface area contributed by atoms with E-state index < -0.39 is 0 Å². The lowest BCUT2D eigenvalue weighted by Gasteiger charge is -2.13. The molecule has 0 fully saturated rings. The predicted octanol–water partition coefficient (Wildman–Crippen LogP) is 6.91. The first kappa shape index (κ1) is 18.8. The van der Waals surface area contributed by atoms with Gasteiger partial charge in [-0.3, -0.25) is 0 Å². The molecule has 0 unspecified atom stereocenters. The lowest BCUT2D eigenvalue weighted by Crippen LogP contribution is -2.06. The number of fused-ring (bicyclic) bond motifs is 12. The average Bonchev–Trinajstić information content (AvgIpc) is 3.46. The first-order valence-corrected chi connectivity index (χ1v) is 11.9. The molecule has 0 bridgehead atoms. The van der Waals surface area contributed by atoms with E-state index in [1.807, 2.05) is 0 Å². The van der Waals surface area contributed by atoms with Crippen LogP contribution in [0.25, 0.3) is 54.5 Å². The third kappa shape index (κ3) is 2.54. The van der Waals surface area contributed by atoms with Gasteiger partial charge in [0.25, 0.3) is 0 Å². The zero-order chi connectivity index (χ0) is 22.9. The lowest BCUT2D eigenvalue weighted by molar-refractivity contribution is 0.779. The van der Waals surface area contributed by atoms with Gasteiger partial charge in [0, 0.05) is 22.6 Å². The van der Waals surface area contributed by atoms with Crippen LogP contribution >= 0.6 is 0 Å². The molecule has 8 rings (SSSR count). The van der Waals surface area contributed by atoms with E-state index in [1.165, 1.54) is 65.6 Å². The summed E-state index contributed by atoms with van der Waals surface area (Å²) in [6.45, 7) is 0.595. The summed E-state index contributed by atoms with van der Waals surface area (Å²) < 4.78 is 2.46. The molecule has 2 aromatic heterocycles. The Morgan fingerprint density at radius 1 is 0.657 bits per heavy atom. The Hall–Kier alpha value is -4.57. The Labute approximate surface area is 201 Å². The topological polar surface area (TPSA) is 43.6 Å². The van der Waals surface area contributed by atoms with E-state index in [1.54, 1.807) is 12.7 Å². The third-order valence-electron chi connectivity index (χ3n) is 7.50. The van der Waals surface area contributed by atoms with Gasteiger partial charge in [0.1, 0.15) is 12.7 Å². The first-order valence-electron chi connectivity index (χ1n) is 11.9. The van der Waals surface area contributed by atoms with Gasteiger partial charge in [-0.05, 0) is 38.4 Å². The molecule has 0 spiro atoms. The number of aromatic nitrogens is 4. The Morgan fingerprint density at radius 2 is 1.40 bits per heavy atom. The highest BCUT2D eigenvalue weighted by atomic mass is 15.1. The van der Waals surface area contributed by atoms with Crippen LogP contribution in [-0.4, -0.2) is 19.5 Å².